The number of hydrogen-bond donors (Lipinski definition) is 1. The van der Waals surface area contributed by atoms with Gasteiger partial charge in [-0.25, -0.2) is 0 Å². The molecule has 1 aromatic carbocycles. The molecular weight excluding hydrogens is 290 g/mol. The third-order valence-corrected chi connectivity index (χ3v) is 3.99. The average Bonchev–Trinajstić information content (AvgIpc) is 2.33. The fourth-order valence-electron chi connectivity index (χ4n) is 2.14. The van der Waals surface area contributed by atoms with Gasteiger partial charge in [-0.3, -0.25) is 0 Å². The van der Waals surface area contributed by atoms with E-state index in [1.807, 2.05) is 26.1 Å². The lowest BCUT2D eigenvalue weighted by molar-refractivity contribution is 0.293. The maximum absolute atomic E-state index is 5.74. The van der Waals surface area contributed by atoms with Crippen LogP contribution >= 0.6 is 15.9 Å². The lowest BCUT2D eigenvalue weighted by Crippen LogP contribution is -2.27. The van der Waals surface area contributed by atoms with Crippen LogP contribution in [0.5, 0.6) is 5.75 Å². The maximum atomic E-state index is 5.74. The van der Waals surface area contributed by atoms with E-state index in [4.69, 9.17) is 4.74 Å². The van der Waals surface area contributed by atoms with Crippen LogP contribution in [0.25, 0.3) is 0 Å². The molecule has 18 heavy (non-hydrogen) atoms. The van der Waals surface area contributed by atoms with Gasteiger partial charge < -0.3 is 10.1 Å². The summed E-state index contributed by atoms with van der Waals surface area (Å²) in [5.74, 6) is 2.15. The second-order valence-corrected chi connectivity index (χ2v) is 5.90. The summed E-state index contributed by atoms with van der Waals surface area (Å²) in [4.78, 5) is 0. The molecule has 1 rings (SSSR count). The van der Waals surface area contributed by atoms with Crippen molar-refractivity contribution < 1.29 is 4.74 Å². The third-order valence-electron chi connectivity index (χ3n) is 3.50. The fourth-order valence-corrected chi connectivity index (χ4v) is 2.51. The Kier molecular flexibility index (Phi) is 6.16. The highest BCUT2D eigenvalue weighted by Gasteiger charge is 2.23. The van der Waals surface area contributed by atoms with Crippen molar-refractivity contribution >= 4 is 15.9 Å². The number of rotatable bonds is 6. The molecule has 1 N–H and O–H groups in total. The highest BCUT2D eigenvalue weighted by atomic mass is 79.9. The first-order valence-corrected chi connectivity index (χ1v) is 7.40. The van der Waals surface area contributed by atoms with Crippen molar-refractivity contribution in [2.45, 2.75) is 33.7 Å². The predicted molar refractivity (Wildman–Crippen MR) is 81.1 cm³/mol. The van der Waals surface area contributed by atoms with Crippen molar-refractivity contribution in [1.82, 2.24) is 5.32 Å². The van der Waals surface area contributed by atoms with Crippen molar-refractivity contribution in [2.24, 2.45) is 11.8 Å². The zero-order valence-electron chi connectivity index (χ0n) is 12.0. The van der Waals surface area contributed by atoms with Gasteiger partial charge in [0, 0.05) is 16.1 Å². The van der Waals surface area contributed by atoms with Crippen molar-refractivity contribution in [3.05, 3.63) is 28.2 Å². The van der Waals surface area contributed by atoms with Crippen LogP contribution in [-0.4, -0.2) is 13.7 Å². The van der Waals surface area contributed by atoms with Crippen LogP contribution in [0.15, 0.2) is 22.7 Å². The van der Waals surface area contributed by atoms with E-state index in [0.717, 1.165) is 10.2 Å². The monoisotopic (exact) mass is 313 g/mol. The molecule has 3 heteroatoms. The molecular formula is C15H24BrNO. The topological polar surface area (TPSA) is 21.3 Å². The summed E-state index contributed by atoms with van der Waals surface area (Å²) >= 11 is 3.55. The van der Waals surface area contributed by atoms with Crippen molar-refractivity contribution in [3.63, 3.8) is 0 Å². The van der Waals surface area contributed by atoms with Crippen LogP contribution in [-0.2, 0) is 0 Å². The molecule has 0 aromatic heterocycles. The molecule has 0 radical (unpaired) electrons. The first-order valence-electron chi connectivity index (χ1n) is 6.60. The number of ether oxygens (including phenoxy) is 1. The van der Waals surface area contributed by atoms with Crippen LogP contribution in [0.3, 0.4) is 0 Å². The van der Waals surface area contributed by atoms with Gasteiger partial charge in [-0.05, 0) is 44.0 Å². The highest BCUT2D eigenvalue weighted by molar-refractivity contribution is 9.10. The molecule has 0 saturated heterocycles. The normalized spacial score (nSPS) is 14.6. The first-order chi connectivity index (χ1) is 8.51. The molecule has 0 saturated carbocycles. The molecule has 2 nitrogen and oxygen atoms in total. The zero-order valence-corrected chi connectivity index (χ0v) is 13.5. The molecule has 0 fully saturated rings. The summed E-state index contributed by atoms with van der Waals surface area (Å²) in [7, 11) is 2.01. The van der Waals surface area contributed by atoms with Crippen molar-refractivity contribution in [1.29, 1.82) is 0 Å². The van der Waals surface area contributed by atoms with Crippen LogP contribution < -0.4 is 10.1 Å². The maximum Gasteiger partial charge on any atom is 0.124 e. The zero-order chi connectivity index (χ0) is 13.7. The minimum Gasteiger partial charge on any atom is -0.494 e. The molecule has 0 aliphatic carbocycles. The minimum absolute atomic E-state index is 0.309. The van der Waals surface area contributed by atoms with Crippen LogP contribution in [0.1, 0.15) is 39.3 Å². The minimum atomic E-state index is 0.309. The van der Waals surface area contributed by atoms with Gasteiger partial charge in [-0.15, -0.1) is 0 Å². The van der Waals surface area contributed by atoms with E-state index in [2.05, 4.69) is 48.1 Å². The Morgan fingerprint density at radius 3 is 2.44 bits per heavy atom. The van der Waals surface area contributed by atoms with E-state index in [-0.39, 0.29) is 0 Å². The van der Waals surface area contributed by atoms with Crippen molar-refractivity contribution in [3.8, 4) is 5.75 Å². The summed E-state index contributed by atoms with van der Waals surface area (Å²) in [6.07, 6.45) is 0. The number of nitrogens with one attached hydrogen (secondary N) is 1. The molecule has 0 amide bonds. The Hall–Kier alpha value is -0.540. The summed E-state index contributed by atoms with van der Waals surface area (Å²) in [6.45, 7) is 9.51. The van der Waals surface area contributed by atoms with Crippen LogP contribution in [0.2, 0.25) is 0 Å². The van der Waals surface area contributed by atoms with E-state index < -0.39 is 0 Å². The van der Waals surface area contributed by atoms with E-state index in [1.54, 1.807) is 0 Å². The average molecular weight is 314 g/mol. The number of halogens is 1. The smallest absolute Gasteiger partial charge is 0.124 e. The molecule has 2 atom stereocenters. The number of hydrogen-bond acceptors (Lipinski definition) is 2. The summed E-state index contributed by atoms with van der Waals surface area (Å²) in [5, 5.41) is 3.42. The van der Waals surface area contributed by atoms with Gasteiger partial charge >= 0.3 is 0 Å². The Bertz CT molecular complexity index is 379. The summed E-state index contributed by atoms with van der Waals surface area (Å²) < 4.78 is 6.84. The standard InChI is InChI=1S/C15H24BrNO/c1-6-18-14-8-7-12(16)9-13(14)15(17-5)11(4)10(2)3/h7-11,15,17H,6H2,1-5H3. The molecule has 0 bridgehead atoms. The van der Waals surface area contributed by atoms with Crippen LogP contribution in [0, 0.1) is 11.8 Å². The second-order valence-electron chi connectivity index (χ2n) is 4.98. The fraction of sp³-hybridized carbons (Fsp3) is 0.600. The van der Waals surface area contributed by atoms with Crippen molar-refractivity contribution in [2.75, 3.05) is 13.7 Å². The summed E-state index contributed by atoms with van der Waals surface area (Å²) in [6, 6.07) is 6.54. The Morgan fingerprint density at radius 1 is 1.28 bits per heavy atom. The first kappa shape index (κ1) is 15.5. The molecule has 0 aliphatic heterocycles. The predicted octanol–water partition coefficient (Wildman–Crippen LogP) is 4.40. The van der Waals surface area contributed by atoms with Gasteiger partial charge in [0.25, 0.3) is 0 Å². The Balaban J connectivity index is 3.13. The molecule has 0 spiro atoms. The Morgan fingerprint density at radius 2 is 1.94 bits per heavy atom. The van der Waals surface area contributed by atoms with E-state index in [9.17, 15) is 0 Å². The van der Waals surface area contributed by atoms with Gasteiger partial charge in [0.2, 0.25) is 0 Å². The van der Waals surface area contributed by atoms with Gasteiger partial charge in [0.05, 0.1) is 6.61 Å². The quantitative estimate of drug-likeness (QED) is 0.840. The number of benzene rings is 1. The van der Waals surface area contributed by atoms with Crippen LogP contribution in [0.4, 0.5) is 0 Å². The molecule has 0 aliphatic rings. The highest BCUT2D eigenvalue weighted by Crippen LogP contribution is 2.35. The Labute approximate surface area is 119 Å². The summed E-state index contributed by atoms with van der Waals surface area (Å²) in [5.41, 5.74) is 1.23. The lowest BCUT2D eigenvalue weighted by atomic mass is 9.86. The van der Waals surface area contributed by atoms with E-state index >= 15 is 0 Å². The van der Waals surface area contributed by atoms with Gasteiger partial charge in [-0.1, -0.05) is 36.7 Å². The molecule has 0 heterocycles. The van der Waals surface area contributed by atoms with E-state index in [0.29, 0.717) is 24.5 Å². The third kappa shape index (κ3) is 3.72. The molecule has 102 valence electrons. The van der Waals surface area contributed by atoms with E-state index in [1.165, 1.54) is 5.56 Å². The van der Waals surface area contributed by atoms with Gasteiger partial charge in [0.15, 0.2) is 0 Å². The van der Waals surface area contributed by atoms with Gasteiger partial charge in [0.1, 0.15) is 5.75 Å². The SMILES string of the molecule is CCOc1ccc(Br)cc1C(NC)C(C)C(C)C. The second kappa shape index (κ2) is 7.15. The molecule has 2 unspecified atom stereocenters. The lowest BCUT2D eigenvalue weighted by Gasteiger charge is -2.28. The van der Waals surface area contributed by atoms with Gasteiger partial charge in [-0.2, -0.15) is 0 Å². The molecule has 1 aromatic rings. The largest absolute Gasteiger partial charge is 0.494 e.